The Kier molecular flexibility index (Phi) is 3.54. The lowest BCUT2D eigenvalue weighted by Crippen LogP contribution is -2.40. The van der Waals surface area contributed by atoms with Crippen LogP contribution in [-0.2, 0) is 4.79 Å². The van der Waals surface area contributed by atoms with Crippen molar-refractivity contribution in [3.8, 4) is 5.75 Å². The average molecular weight is 307 g/mol. The van der Waals surface area contributed by atoms with E-state index >= 15 is 0 Å². The van der Waals surface area contributed by atoms with Crippen LogP contribution in [0.4, 0.5) is 4.39 Å². The van der Waals surface area contributed by atoms with Crippen molar-refractivity contribution in [3.05, 3.63) is 29.6 Å². The normalized spacial score (nSPS) is 22.5. The van der Waals surface area contributed by atoms with Gasteiger partial charge in [0.1, 0.15) is 0 Å². The first-order valence-electron chi connectivity index (χ1n) is 7.32. The van der Waals surface area contributed by atoms with Crippen molar-refractivity contribution in [3.63, 3.8) is 0 Å². The molecule has 1 unspecified atom stereocenters. The molecule has 1 aliphatic heterocycles. The monoisotopic (exact) mass is 307 g/mol. The molecule has 1 aromatic carbocycles. The number of likely N-dealkylation sites (tertiary alicyclic amines) is 1. The highest BCUT2D eigenvalue weighted by Gasteiger charge is 2.59. The van der Waals surface area contributed by atoms with Crippen molar-refractivity contribution in [2.24, 2.45) is 11.3 Å². The molecule has 0 bridgehead atoms. The Labute approximate surface area is 127 Å². The molecule has 118 valence electrons. The second-order valence-electron chi connectivity index (χ2n) is 6.10. The Balaban J connectivity index is 1.67. The summed E-state index contributed by atoms with van der Waals surface area (Å²) in [5, 5.41) is 9.08. The molecule has 1 aromatic rings. The molecule has 2 aliphatic rings. The quantitative estimate of drug-likeness (QED) is 0.929. The zero-order valence-corrected chi connectivity index (χ0v) is 12.3. The second kappa shape index (κ2) is 5.26. The highest BCUT2D eigenvalue weighted by atomic mass is 19.1. The number of nitrogens with zero attached hydrogens (tertiary/aromatic N) is 1. The first-order valence-corrected chi connectivity index (χ1v) is 7.32. The SMILES string of the molecule is COc1cc(C(=O)N2CCC3(CC2)CC3C(=O)O)ccc1F. The summed E-state index contributed by atoms with van der Waals surface area (Å²) in [5.41, 5.74) is 0.281. The van der Waals surface area contributed by atoms with Gasteiger partial charge in [-0.3, -0.25) is 9.59 Å². The van der Waals surface area contributed by atoms with E-state index in [0.717, 1.165) is 0 Å². The van der Waals surface area contributed by atoms with Crippen molar-refractivity contribution < 1.29 is 23.8 Å². The molecular formula is C16H18FNO4. The molecule has 3 rings (SSSR count). The number of benzene rings is 1. The number of hydrogen-bond acceptors (Lipinski definition) is 3. The summed E-state index contributed by atoms with van der Waals surface area (Å²) in [4.78, 5) is 25.2. The third-order valence-electron chi connectivity index (χ3n) is 4.93. The lowest BCUT2D eigenvalue weighted by Gasteiger charge is -2.32. The molecule has 1 heterocycles. The fraction of sp³-hybridized carbons (Fsp3) is 0.500. The van der Waals surface area contributed by atoms with Crippen molar-refractivity contribution in [1.82, 2.24) is 4.90 Å². The number of amides is 1. The Hall–Kier alpha value is -2.11. The van der Waals surface area contributed by atoms with Gasteiger partial charge in [0.2, 0.25) is 0 Å². The maximum Gasteiger partial charge on any atom is 0.307 e. The second-order valence-corrected chi connectivity index (χ2v) is 6.10. The smallest absolute Gasteiger partial charge is 0.307 e. The first-order chi connectivity index (χ1) is 10.5. The minimum absolute atomic E-state index is 0.0486. The van der Waals surface area contributed by atoms with E-state index in [9.17, 15) is 14.0 Å². The van der Waals surface area contributed by atoms with Crippen LogP contribution in [0.15, 0.2) is 18.2 Å². The van der Waals surface area contributed by atoms with E-state index in [1.807, 2.05) is 0 Å². The molecule has 1 amide bonds. The molecule has 1 N–H and O–H groups in total. The lowest BCUT2D eigenvalue weighted by atomic mass is 9.90. The third kappa shape index (κ3) is 2.42. The van der Waals surface area contributed by atoms with Crippen LogP contribution in [0.25, 0.3) is 0 Å². The Morgan fingerprint density at radius 1 is 1.36 bits per heavy atom. The number of carbonyl (C=O) groups excluding carboxylic acids is 1. The molecule has 5 nitrogen and oxygen atoms in total. The number of rotatable bonds is 3. The molecule has 22 heavy (non-hydrogen) atoms. The fourth-order valence-electron chi connectivity index (χ4n) is 3.38. The number of piperidine rings is 1. The molecule has 0 radical (unpaired) electrons. The van der Waals surface area contributed by atoms with Crippen LogP contribution in [0.3, 0.4) is 0 Å². The standard InChI is InChI=1S/C16H18FNO4/c1-22-13-8-10(2-3-12(13)17)14(19)18-6-4-16(5-7-18)9-11(16)15(20)21/h2-3,8,11H,4-7,9H2,1H3,(H,20,21). The summed E-state index contributed by atoms with van der Waals surface area (Å²) in [6, 6.07) is 4.07. The van der Waals surface area contributed by atoms with Gasteiger partial charge in [0.05, 0.1) is 13.0 Å². The van der Waals surface area contributed by atoms with Crippen molar-refractivity contribution in [1.29, 1.82) is 0 Å². The zero-order chi connectivity index (χ0) is 15.9. The van der Waals surface area contributed by atoms with E-state index in [2.05, 4.69) is 0 Å². The number of halogens is 1. The summed E-state index contributed by atoms with van der Waals surface area (Å²) in [7, 11) is 1.36. The van der Waals surface area contributed by atoms with Crippen LogP contribution in [0.2, 0.25) is 0 Å². The summed E-state index contributed by atoms with van der Waals surface area (Å²) in [6.45, 7) is 1.09. The van der Waals surface area contributed by atoms with Gasteiger partial charge in [0, 0.05) is 18.7 Å². The predicted octanol–water partition coefficient (Wildman–Crippen LogP) is 2.16. The summed E-state index contributed by atoms with van der Waals surface area (Å²) in [5.74, 6) is -1.61. The van der Waals surface area contributed by atoms with Crippen LogP contribution in [-0.4, -0.2) is 42.1 Å². The third-order valence-corrected chi connectivity index (χ3v) is 4.93. The average Bonchev–Trinajstić information content (AvgIpc) is 3.22. The number of carbonyl (C=O) groups is 2. The van der Waals surface area contributed by atoms with Gasteiger partial charge in [-0.2, -0.15) is 0 Å². The van der Waals surface area contributed by atoms with Gasteiger partial charge < -0.3 is 14.7 Å². The van der Waals surface area contributed by atoms with Gasteiger partial charge in [-0.25, -0.2) is 4.39 Å². The molecule has 1 saturated carbocycles. The summed E-state index contributed by atoms with van der Waals surface area (Å²) < 4.78 is 18.3. The summed E-state index contributed by atoms with van der Waals surface area (Å²) in [6.07, 6.45) is 2.15. The van der Waals surface area contributed by atoms with E-state index in [-0.39, 0.29) is 23.0 Å². The minimum atomic E-state index is -0.733. The van der Waals surface area contributed by atoms with Gasteiger partial charge in [-0.15, -0.1) is 0 Å². The van der Waals surface area contributed by atoms with Gasteiger partial charge in [0.25, 0.3) is 5.91 Å². The lowest BCUT2D eigenvalue weighted by molar-refractivity contribution is -0.139. The number of methoxy groups -OCH3 is 1. The van der Waals surface area contributed by atoms with E-state index < -0.39 is 11.8 Å². The van der Waals surface area contributed by atoms with Gasteiger partial charge in [0.15, 0.2) is 11.6 Å². The van der Waals surface area contributed by atoms with Gasteiger partial charge in [-0.05, 0) is 42.9 Å². The van der Waals surface area contributed by atoms with Crippen molar-refractivity contribution in [2.45, 2.75) is 19.3 Å². The van der Waals surface area contributed by atoms with Gasteiger partial charge in [-0.1, -0.05) is 0 Å². The number of carboxylic acid groups (broad SMARTS) is 1. The largest absolute Gasteiger partial charge is 0.494 e. The first kappa shape index (κ1) is 14.8. The Bertz CT molecular complexity index is 623. The molecule has 1 atom stereocenters. The van der Waals surface area contributed by atoms with Crippen LogP contribution >= 0.6 is 0 Å². The van der Waals surface area contributed by atoms with Crippen molar-refractivity contribution >= 4 is 11.9 Å². The molecule has 2 fully saturated rings. The van der Waals surface area contributed by atoms with E-state index in [1.165, 1.54) is 25.3 Å². The summed E-state index contributed by atoms with van der Waals surface area (Å²) >= 11 is 0. The maximum absolute atomic E-state index is 13.4. The number of ether oxygens (including phenoxy) is 1. The molecule has 0 aromatic heterocycles. The predicted molar refractivity (Wildman–Crippen MR) is 76.3 cm³/mol. The number of aliphatic carboxylic acids is 1. The fourth-order valence-corrected chi connectivity index (χ4v) is 3.38. The van der Waals surface area contributed by atoms with Gasteiger partial charge >= 0.3 is 5.97 Å². The van der Waals surface area contributed by atoms with Crippen LogP contribution in [0.5, 0.6) is 5.75 Å². The topological polar surface area (TPSA) is 66.8 Å². The number of carboxylic acids is 1. The van der Waals surface area contributed by atoms with Crippen LogP contribution in [0.1, 0.15) is 29.6 Å². The Morgan fingerprint density at radius 2 is 2.05 bits per heavy atom. The molecule has 1 aliphatic carbocycles. The van der Waals surface area contributed by atoms with E-state index in [4.69, 9.17) is 9.84 Å². The Morgan fingerprint density at radius 3 is 2.59 bits per heavy atom. The minimum Gasteiger partial charge on any atom is -0.494 e. The van der Waals surface area contributed by atoms with Crippen LogP contribution in [0, 0.1) is 17.2 Å². The highest BCUT2D eigenvalue weighted by molar-refractivity contribution is 5.94. The maximum atomic E-state index is 13.4. The van der Waals surface area contributed by atoms with E-state index in [1.54, 1.807) is 4.90 Å². The van der Waals surface area contributed by atoms with Crippen LogP contribution < -0.4 is 4.74 Å². The van der Waals surface area contributed by atoms with E-state index in [0.29, 0.717) is 37.9 Å². The van der Waals surface area contributed by atoms with Crippen molar-refractivity contribution in [2.75, 3.05) is 20.2 Å². The molecule has 1 spiro atoms. The highest BCUT2D eigenvalue weighted by Crippen LogP contribution is 2.59. The molecular weight excluding hydrogens is 289 g/mol. The molecule has 6 heteroatoms. The zero-order valence-electron chi connectivity index (χ0n) is 12.3. The molecule has 1 saturated heterocycles. The number of hydrogen-bond donors (Lipinski definition) is 1.